The van der Waals surface area contributed by atoms with E-state index in [1.54, 1.807) is 43.6 Å². The van der Waals surface area contributed by atoms with E-state index in [1.807, 2.05) is 29.6 Å². The summed E-state index contributed by atoms with van der Waals surface area (Å²) in [6.45, 7) is 3.49. The molecule has 0 saturated heterocycles. The topological polar surface area (TPSA) is 76.9 Å². The first-order valence-electron chi connectivity index (χ1n) is 7.82. The van der Waals surface area contributed by atoms with Crippen LogP contribution in [0.5, 0.6) is 0 Å². The molecule has 0 aliphatic rings. The maximum atomic E-state index is 12.6. The van der Waals surface area contributed by atoms with Crippen LogP contribution in [0.2, 0.25) is 0 Å². The van der Waals surface area contributed by atoms with Gasteiger partial charge in [-0.2, -0.15) is 4.98 Å². The zero-order valence-corrected chi connectivity index (χ0v) is 14.8. The van der Waals surface area contributed by atoms with Crippen molar-refractivity contribution in [2.24, 2.45) is 0 Å². The lowest BCUT2D eigenvalue weighted by atomic mass is 10.1. The maximum absolute atomic E-state index is 12.6. The summed E-state index contributed by atoms with van der Waals surface area (Å²) in [6, 6.07) is 9.17. The molecule has 3 heterocycles. The van der Waals surface area contributed by atoms with E-state index in [-0.39, 0.29) is 18.5 Å². The summed E-state index contributed by atoms with van der Waals surface area (Å²) < 4.78 is 1.38. The molecule has 1 atom stereocenters. The third-order valence-electron chi connectivity index (χ3n) is 3.82. The standard InChI is InChI=1S/C18H18N4O2S/c1-12-10-13(2)22(18(24)20-12)11-16(23)21-17(15-4-3-9-25-15)14-5-7-19-8-6-14/h3-10,17H,11H2,1-2H3,(H,21,23)/t17-/m0/s1. The molecule has 0 aromatic carbocycles. The number of aromatic nitrogens is 3. The monoisotopic (exact) mass is 354 g/mol. The zero-order valence-electron chi connectivity index (χ0n) is 14.0. The van der Waals surface area contributed by atoms with Crippen molar-refractivity contribution in [2.45, 2.75) is 26.4 Å². The lowest BCUT2D eigenvalue weighted by Gasteiger charge is -2.19. The Bertz CT molecular complexity index is 920. The van der Waals surface area contributed by atoms with Crippen molar-refractivity contribution in [3.63, 3.8) is 0 Å². The van der Waals surface area contributed by atoms with Gasteiger partial charge in [-0.15, -0.1) is 11.3 Å². The fraction of sp³-hybridized carbons (Fsp3) is 0.222. The van der Waals surface area contributed by atoms with E-state index < -0.39 is 5.69 Å². The number of amides is 1. The smallest absolute Gasteiger partial charge is 0.343 e. The third kappa shape index (κ3) is 4.00. The van der Waals surface area contributed by atoms with Gasteiger partial charge in [0.1, 0.15) is 6.54 Å². The summed E-state index contributed by atoms with van der Waals surface area (Å²) in [7, 11) is 0. The van der Waals surface area contributed by atoms with E-state index in [9.17, 15) is 9.59 Å². The van der Waals surface area contributed by atoms with Crippen LogP contribution in [-0.4, -0.2) is 20.4 Å². The fourth-order valence-electron chi connectivity index (χ4n) is 2.65. The Balaban J connectivity index is 1.84. The summed E-state index contributed by atoms with van der Waals surface area (Å²) in [6.07, 6.45) is 3.39. The molecule has 0 aliphatic heterocycles. The van der Waals surface area contributed by atoms with Crippen molar-refractivity contribution >= 4 is 17.2 Å². The average Bonchev–Trinajstić information content (AvgIpc) is 3.11. The van der Waals surface area contributed by atoms with Gasteiger partial charge in [-0.05, 0) is 49.1 Å². The van der Waals surface area contributed by atoms with E-state index in [1.165, 1.54) is 4.57 Å². The molecule has 7 heteroatoms. The van der Waals surface area contributed by atoms with E-state index in [4.69, 9.17) is 0 Å². The van der Waals surface area contributed by atoms with Gasteiger partial charge in [-0.25, -0.2) is 4.79 Å². The molecule has 3 rings (SSSR count). The number of rotatable bonds is 5. The number of carbonyl (C=O) groups excluding carboxylic acids is 1. The van der Waals surface area contributed by atoms with Crippen LogP contribution < -0.4 is 11.0 Å². The van der Waals surface area contributed by atoms with Crippen LogP contribution in [0.1, 0.15) is 27.9 Å². The van der Waals surface area contributed by atoms with Gasteiger partial charge < -0.3 is 5.32 Å². The van der Waals surface area contributed by atoms with Gasteiger partial charge in [0.2, 0.25) is 5.91 Å². The molecular weight excluding hydrogens is 336 g/mol. The van der Waals surface area contributed by atoms with Crippen molar-refractivity contribution < 1.29 is 4.79 Å². The predicted octanol–water partition coefficient (Wildman–Crippen LogP) is 2.22. The highest BCUT2D eigenvalue weighted by Gasteiger charge is 2.18. The van der Waals surface area contributed by atoms with Crippen molar-refractivity contribution in [1.29, 1.82) is 0 Å². The summed E-state index contributed by atoms with van der Waals surface area (Å²) in [5, 5.41) is 4.98. The first-order chi connectivity index (χ1) is 12.0. The molecule has 1 amide bonds. The van der Waals surface area contributed by atoms with Crippen LogP contribution in [0.3, 0.4) is 0 Å². The van der Waals surface area contributed by atoms with Crippen molar-refractivity contribution in [3.8, 4) is 0 Å². The fourth-order valence-corrected chi connectivity index (χ4v) is 3.45. The van der Waals surface area contributed by atoms with Crippen LogP contribution in [-0.2, 0) is 11.3 Å². The Morgan fingerprint density at radius 3 is 2.68 bits per heavy atom. The Morgan fingerprint density at radius 1 is 1.28 bits per heavy atom. The summed E-state index contributed by atoms with van der Waals surface area (Å²) in [5.74, 6) is -0.244. The highest BCUT2D eigenvalue weighted by atomic mass is 32.1. The van der Waals surface area contributed by atoms with Gasteiger partial charge in [-0.3, -0.25) is 14.3 Å². The van der Waals surface area contributed by atoms with E-state index in [0.29, 0.717) is 11.4 Å². The van der Waals surface area contributed by atoms with E-state index in [0.717, 1.165) is 10.4 Å². The Labute approximate surface area is 149 Å². The minimum absolute atomic E-state index is 0.0646. The molecule has 0 radical (unpaired) electrons. The zero-order chi connectivity index (χ0) is 17.8. The van der Waals surface area contributed by atoms with E-state index >= 15 is 0 Å². The Hall–Kier alpha value is -2.80. The molecule has 1 N–H and O–H groups in total. The van der Waals surface area contributed by atoms with Crippen molar-refractivity contribution in [1.82, 2.24) is 19.9 Å². The Kier molecular flexibility index (Phi) is 5.04. The number of pyridine rings is 1. The van der Waals surface area contributed by atoms with Crippen LogP contribution in [0.4, 0.5) is 0 Å². The van der Waals surface area contributed by atoms with Gasteiger partial charge in [-0.1, -0.05) is 6.07 Å². The molecule has 0 saturated carbocycles. The van der Waals surface area contributed by atoms with Crippen molar-refractivity contribution in [2.75, 3.05) is 0 Å². The molecule has 0 fully saturated rings. The lowest BCUT2D eigenvalue weighted by molar-refractivity contribution is -0.122. The van der Waals surface area contributed by atoms with E-state index in [2.05, 4.69) is 15.3 Å². The quantitative estimate of drug-likeness (QED) is 0.762. The average molecular weight is 354 g/mol. The Morgan fingerprint density at radius 2 is 2.04 bits per heavy atom. The number of thiophene rings is 1. The predicted molar refractivity (Wildman–Crippen MR) is 96.5 cm³/mol. The molecule has 0 aliphatic carbocycles. The SMILES string of the molecule is Cc1cc(C)n(CC(=O)N[C@@H](c2ccncc2)c2cccs2)c(=O)n1. The number of nitrogens with one attached hydrogen (secondary N) is 1. The molecule has 0 bridgehead atoms. The first-order valence-corrected chi connectivity index (χ1v) is 8.70. The van der Waals surface area contributed by atoms with Crippen LogP contribution in [0, 0.1) is 13.8 Å². The van der Waals surface area contributed by atoms with Gasteiger partial charge in [0, 0.05) is 28.7 Å². The summed E-state index contributed by atoms with van der Waals surface area (Å²) in [5.41, 5.74) is 1.89. The van der Waals surface area contributed by atoms with Crippen LogP contribution >= 0.6 is 11.3 Å². The number of hydrogen-bond acceptors (Lipinski definition) is 5. The first kappa shape index (κ1) is 17.0. The molecule has 0 unspecified atom stereocenters. The largest absolute Gasteiger partial charge is 0.348 e. The number of hydrogen-bond donors (Lipinski definition) is 1. The summed E-state index contributed by atoms with van der Waals surface area (Å²) >= 11 is 1.57. The van der Waals surface area contributed by atoms with Gasteiger partial charge in [0.15, 0.2) is 0 Å². The minimum Gasteiger partial charge on any atom is -0.343 e. The van der Waals surface area contributed by atoms with Crippen molar-refractivity contribution in [3.05, 3.63) is 80.4 Å². The maximum Gasteiger partial charge on any atom is 0.348 e. The second-order valence-electron chi connectivity index (χ2n) is 5.70. The second kappa shape index (κ2) is 7.40. The molecule has 0 spiro atoms. The summed E-state index contributed by atoms with van der Waals surface area (Å²) in [4.78, 5) is 33.6. The normalized spacial score (nSPS) is 11.9. The van der Waals surface area contributed by atoms with Crippen LogP contribution in [0.15, 0.2) is 52.9 Å². The number of nitrogens with zero attached hydrogens (tertiary/aromatic N) is 3. The second-order valence-corrected chi connectivity index (χ2v) is 6.68. The molecule has 128 valence electrons. The minimum atomic E-state index is -0.413. The molecule has 6 nitrogen and oxygen atoms in total. The molecule has 3 aromatic heterocycles. The molecule has 3 aromatic rings. The highest BCUT2D eigenvalue weighted by Crippen LogP contribution is 2.25. The highest BCUT2D eigenvalue weighted by molar-refractivity contribution is 7.10. The molecular formula is C18H18N4O2S. The number of aryl methyl sites for hydroxylation is 2. The number of carbonyl (C=O) groups is 1. The van der Waals surface area contributed by atoms with Gasteiger partial charge >= 0.3 is 5.69 Å². The van der Waals surface area contributed by atoms with Gasteiger partial charge in [0.05, 0.1) is 6.04 Å². The van der Waals surface area contributed by atoms with Crippen LogP contribution in [0.25, 0.3) is 0 Å². The lowest BCUT2D eigenvalue weighted by Crippen LogP contribution is -2.36. The van der Waals surface area contributed by atoms with Gasteiger partial charge in [0.25, 0.3) is 0 Å². The third-order valence-corrected chi connectivity index (χ3v) is 4.76. The molecule has 25 heavy (non-hydrogen) atoms.